The van der Waals surface area contributed by atoms with Crippen LogP contribution in [0.25, 0.3) is 0 Å². The largest absolute Gasteiger partial charge is 0.352 e. The first kappa shape index (κ1) is 13.9. The van der Waals surface area contributed by atoms with Gasteiger partial charge >= 0.3 is 0 Å². The van der Waals surface area contributed by atoms with Gasteiger partial charge in [0.15, 0.2) is 0 Å². The predicted molar refractivity (Wildman–Crippen MR) is 78.7 cm³/mol. The maximum Gasteiger partial charge on any atom is 0.287 e. The molecule has 22 heavy (non-hydrogen) atoms. The lowest BCUT2D eigenvalue weighted by Gasteiger charge is -2.29. The maximum absolute atomic E-state index is 10.8. The van der Waals surface area contributed by atoms with Crippen molar-refractivity contribution in [3.05, 3.63) is 67.9 Å². The second kappa shape index (κ2) is 5.40. The SMILES string of the molecule is O=[N+]([O-])c1ccc(N2CCc3cc([N+](=O)[O-])ccc3C2)nc1. The number of hydrogen-bond donors (Lipinski definition) is 0. The van der Waals surface area contributed by atoms with Crippen LogP contribution in [-0.4, -0.2) is 21.4 Å². The Morgan fingerprint density at radius 2 is 1.73 bits per heavy atom. The Morgan fingerprint density at radius 3 is 2.36 bits per heavy atom. The van der Waals surface area contributed by atoms with Crippen molar-refractivity contribution in [3.8, 4) is 0 Å². The highest BCUT2D eigenvalue weighted by atomic mass is 16.6. The van der Waals surface area contributed by atoms with E-state index in [-0.39, 0.29) is 11.4 Å². The molecule has 0 amide bonds. The second-order valence-electron chi connectivity index (χ2n) is 5.01. The van der Waals surface area contributed by atoms with Crippen LogP contribution < -0.4 is 4.90 Å². The molecule has 0 fully saturated rings. The third-order valence-electron chi connectivity index (χ3n) is 3.68. The lowest BCUT2D eigenvalue weighted by molar-refractivity contribution is -0.385. The van der Waals surface area contributed by atoms with Crippen molar-refractivity contribution in [3.63, 3.8) is 0 Å². The highest BCUT2D eigenvalue weighted by Crippen LogP contribution is 2.26. The van der Waals surface area contributed by atoms with Gasteiger partial charge in [0.05, 0.1) is 9.85 Å². The number of nitrogens with zero attached hydrogens (tertiary/aromatic N) is 4. The Labute approximate surface area is 125 Å². The topological polar surface area (TPSA) is 102 Å². The summed E-state index contributed by atoms with van der Waals surface area (Å²) in [5.41, 5.74) is 2.03. The van der Waals surface area contributed by atoms with E-state index in [2.05, 4.69) is 4.98 Å². The van der Waals surface area contributed by atoms with Gasteiger partial charge in [0.2, 0.25) is 0 Å². The number of aromatic nitrogens is 1. The van der Waals surface area contributed by atoms with E-state index in [1.165, 1.54) is 18.3 Å². The molecular weight excluding hydrogens is 288 g/mol. The molecule has 1 aromatic heterocycles. The maximum atomic E-state index is 10.8. The molecule has 8 heteroatoms. The van der Waals surface area contributed by atoms with Gasteiger partial charge in [-0.3, -0.25) is 20.2 Å². The number of hydrogen-bond acceptors (Lipinski definition) is 6. The molecule has 0 bridgehead atoms. The van der Waals surface area contributed by atoms with Gasteiger partial charge < -0.3 is 4.90 Å². The Bertz CT molecular complexity index is 745. The molecule has 1 aliphatic heterocycles. The molecule has 0 atom stereocenters. The average Bonchev–Trinajstić information content (AvgIpc) is 2.54. The van der Waals surface area contributed by atoms with Gasteiger partial charge in [-0.15, -0.1) is 0 Å². The van der Waals surface area contributed by atoms with E-state index >= 15 is 0 Å². The summed E-state index contributed by atoms with van der Waals surface area (Å²) in [6.45, 7) is 1.25. The summed E-state index contributed by atoms with van der Waals surface area (Å²) in [6.07, 6.45) is 1.91. The van der Waals surface area contributed by atoms with E-state index in [1.54, 1.807) is 18.2 Å². The molecule has 1 aliphatic rings. The standard InChI is InChI=1S/C14H12N4O4/c19-17(20)12-2-1-11-9-16(6-5-10(11)7-12)14-4-3-13(8-15-14)18(21)22/h1-4,7-8H,5-6,9H2. The van der Waals surface area contributed by atoms with Crippen LogP contribution in [0.4, 0.5) is 17.2 Å². The van der Waals surface area contributed by atoms with Gasteiger partial charge in [0.1, 0.15) is 12.0 Å². The molecule has 0 radical (unpaired) electrons. The number of nitro benzene ring substituents is 1. The van der Waals surface area contributed by atoms with Gasteiger partial charge in [-0.2, -0.15) is 0 Å². The number of anilines is 1. The molecule has 2 aromatic rings. The zero-order chi connectivity index (χ0) is 15.7. The molecule has 0 unspecified atom stereocenters. The van der Waals surface area contributed by atoms with Crippen LogP contribution in [0.2, 0.25) is 0 Å². The first-order valence-electron chi connectivity index (χ1n) is 6.66. The number of nitro groups is 2. The average molecular weight is 300 g/mol. The van der Waals surface area contributed by atoms with Crippen LogP contribution in [0, 0.1) is 20.2 Å². The van der Waals surface area contributed by atoms with E-state index in [1.807, 2.05) is 4.90 Å². The number of non-ortho nitro benzene ring substituents is 1. The molecule has 0 saturated heterocycles. The highest BCUT2D eigenvalue weighted by molar-refractivity contribution is 5.49. The predicted octanol–water partition coefficient (Wildman–Crippen LogP) is 2.46. The van der Waals surface area contributed by atoms with Gasteiger partial charge in [-0.1, -0.05) is 6.07 Å². The number of fused-ring (bicyclic) bond motifs is 1. The summed E-state index contributed by atoms with van der Waals surface area (Å²) >= 11 is 0. The van der Waals surface area contributed by atoms with E-state index in [0.29, 0.717) is 25.3 Å². The van der Waals surface area contributed by atoms with Crippen molar-refractivity contribution in [1.82, 2.24) is 4.98 Å². The summed E-state index contributed by atoms with van der Waals surface area (Å²) in [5.74, 6) is 0.662. The molecule has 0 aliphatic carbocycles. The molecular formula is C14H12N4O4. The van der Waals surface area contributed by atoms with E-state index in [0.717, 1.165) is 11.1 Å². The zero-order valence-corrected chi connectivity index (χ0v) is 11.5. The Kier molecular flexibility index (Phi) is 3.42. The van der Waals surface area contributed by atoms with Crippen molar-refractivity contribution in [2.24, 2.45) is 0 Å². The lowest BCUT2D eigenvalue weighted by Crippen LogP contribution is -2.31. The smallest absolute Gasteiger partial charge is 0.287 e. The summed E-state index contributed by atoms with van der Waals surface area (Å²) in [6, 6.07) is 7.90. The third kappa shape index (κ3) is 2.58. The molecule has 2 heterocycles. The van der Waals surface area contributed by atoms with Crippen LogP contribution in [0.15, 0.2) is 36.5 Å². The third-order valence-corrected chi connectivity index (χ3v) is 3.68. The van der Waals surface area contributed by atoms with E-state index < -0.39 is 9.85 Å². The molecule has 3 rings (SSSR count). The highest BCUT2D eigenvalue weighted by Gasteiger charge is 2.20. The quantitative estimate of drug-likeness (QED) is 0.637. The molecule has 0 saturated carbocycles. The molecule has 112 valence electrons. The van der Waals surface area contributed by atoms with Crippen LogP contribution in [0.1, 0.15) is 11.1 Å². The minimum Gasteiger partial charge on any atom is -0.352 e. The fraction of sp³-hybridized carbons (Fsp3) is 0.214. The Balaban J connectivity index is 1.82. The Hall–Kier alpha value is -3.03. The zero-order valence-electron chi connectivity index (χ0n) is 11.5. The van der Waals surface area contributed by atoms with Gasteiger partial charge in [0.25, 0.3) is 11.4 Å². The number of rotatable bonds is 3. The molecule has 0 N–H and O–H groups in total. The van der Waals surface area contributed by atoms with E-state index in [4.69, 9.17) is 0 Å². The van der Waals surface area contributed by atoms with Crippen LogP contribution >= 0.6 is 0 Å². The summed E-state index contributed by atoms with van der Waals surface area (Å²) < 4.78 is 0. The summed E-state index contributed by atoms with van der Waals surface area (Å²) in [7, 11) is 0. The fourth-order valence-electron chi connectivity index (χ4n) is 2.52. The minimum absolute atomic E-state index is 0.0446. The number of benzene rings is 1. The summed E-state index contributed by atoms with van der Waals surface area (Å²) in [4.78, 5) is 26.7. The second-order valence-corrected chi connectivity index (χ2v) is 5.01. The van der Waals surface area contributed by atoms with Crippen molar-refractivity contribution in [2.45, 2.75) is 13.0 Å². The van der Waals surface area contributed by atoms with Gasteiger partial charge in [-0.05, 0) is 23.6 Å². The minimum atomic E-state index is -0.485. The van der Waals surface area contributed by atoms with Gasteiger partial charge in [0, 0.05) is 31.3 Å². The normalized spacial score (nSPS) is 13.5. The molecule has 1 aromatic carbocycles. The monoisotopic (exact) mass is 300 g/mol. The first-order chi connectivity index (χ1) is 10.5. The van der Waals surface area contributed by atoms with Crippen LogP contribution in [-0.2, 0) is 13.0 Å². The van der Waals surface area contributed by atoms with Crippen molar-refractivity contribution >= 4 is 17.2 Å². The van der Waals surface area contributed by atoms with Crippen molar-refractivity contribution < 1.29 is 9.85 Å². The fourth-order valence-corrected chi connectivity index (χ4v) is 2.52. The molecule has 0 spiro atoms. The molecule has 8 nitrogen and oxygen atoms in total. The Morgan fingerprint density at radius 1 is 1.00 bits per heavy atom. The number of pyridine rings is 1. The first-order valence-corrected chi connectivity index (χ1v) is 6.66. The van der Waals surface area contributed by atoms with Gasteiger partial charge in [-0.25, -0.2) is 4.98 Å². The van der Waals surface area contributed by atoms with Crippen LogP contribution in [0.3, 0.4) is 0 Å². The van der Waals surface area contributed by atoms with E-state index in [9.17, 15) is 20.2 Å². The van der Waals surface area contributed by atoms with Crippen LogP contribution in [0.5, 0.6) is 0 Å². The summed E-state index contributed by atoms with van der Waals surface area (Å²) in [5, 5.41) is 21.4. The van der Waals surface area contributed by atoms with Crippen molar-refractivity contribution in [2.75, 3.05) is 11.4 Å². The lowest BCUT2D eigenvalue weighted by atomic mass is 9.99. The van der Waals surface area contributed by atoms with Crippen molar-refractivity contribution in [1.29, 1.82) is 0 Å².